The fourth-order valence-electron chi connectivity index (χ4n) is 1.87. The lowest BCUT2D eigenvalue weighted by atomic mass is 10.0. The van der Waals surface area contributed by atoms with Crippen molar-refractivity contribution in [3.8, 4) is 0 Å². The quantitative estimate of drug-likeness (QED) is 0.637. The van der Waals surface area contributed by atoms with Crippen LogP contribution in [0.15, 0.2) is 0 Å². The van der Waals surface area contributed by atoms with Crippen molar-refractivity contribution in [2.24, 2.45) is 11.8 Å². The Morgan fingerprint density at radius 3 is 1.44 bits per heavy atom. The van der Waals surface area contributed by atoms with Gasteiger partial charge in [-0.05, 0) is 11.8 Å². The fourth-order valence-corrected chi connectivity index (χ4v) is 2.55. The molecule has 0 rings (SSSR count). The Bertz CT molecular complexity index is 177. The van der Waals surface area contributed by atoms with Gasteiger partial charge in [-0.25, -0.2) is 8.51 Å². The Morgan fingerprint density at radius 1 is 0.938 bits per heavy atom. The molecule has 0 aliphatic heterocycles. The van der Waals surface area contributed by atoms with Crippen molar-refractivity contribution in [3.05, 3.63) is 0 Å². The Labute approximate surface area is 103 Å². The summed E-state index contributed by atoms with van der Waals surface area (Å²) in [6.45, 7) is 10.1. The monoisotopic (exact) mass is 249 g/mol. The van der Waals surface area contributed by atoms with Gasteiger partial charge < -0.3 is 0 Å². The van der Waals surface area contributed by atoms with E-state index in [0.717, 1.165) is 38.8 Å². The van der Waals surface area contributed by atoms with Crippen molar-refractivity contribution in [3.63, 3.8) is 0 Å². The molecular formula is C12H27NO2S. The predicted octanol–water partition coefficient (Wildman–Crippen LogP) is 3.30. The van der Waals surface area contributed by atoms with E-state index in [9.17, 15) is 8.76 Å². The van der Waals surface area contributed by atoms with Gasteiger partial charge in [-0.15, -0.1) is 0 Å². The average Bonchev–Trinajstić information content (AvgIpc) is 2.29. The van der Waals surface area contributed by atoms with Gasteiger partial charge in [0.15, 0.2) is 0 Å². The van der Waals surface area contributed by atoms with E-state index in [4.69, 9.17) is 0 Å². The van der Waals surface area contributed by atoms with Crippen molar-refractivity contribution in [1.82, 2.24) is 4.31 Å². The van der Waals surface area contributed by atoms with Crippen molar-refractivity contribution < 1.29 is 8.76 Å². The van der Waals surface area contributed by atoms with Gasteiger partial charge >= 0.3 is 0 Å². The molecule has 0 aliphatic rings. The van der Waals surface area contributed by atoms with Crippen LogP contribution in [-0.4, -0.2) is 26.2 Å². The van der Waals surface area contributed by atoms with Crippen molar-refractivity contribution in [1.29, 1.82) is 0 Å². The molecule has 0 aliphatic carbocycles. The molecule has 0 spiro atoms. The first kappa shape index (κ1) is 16.1. The predicted molar refractivity (Wildman–Crippen MR) is 70.5 cm³/mol. The van der Waals surface area contributed by atoms with Crippen molar-refractivity contribution in [2.75, 3.05) is 13.1 Å². The maximum absolute atomic E-state index is 11.3. The first-order valence-corrected chi connectivity index (χ1v) is 7.51. The molecule has 0 fully saturated rings. The molecule has 0 saturated carbocycles. The molecule has 0 heterocycles. The standard InChI is InChI=1S/C12H27NO2S/c1-5-11(6-2)9-13(16(14)15)10-12(7-3)8-4/h11-12H,5-10H2,1-4H3,(H,14,15). The van der Waals surface area contributed by atoms with E-state index < -0.39 is 11.3 Å². The Kier molecular flexibility index (Phi) is 9.18. The van der Waals surface area contributed by atoms with Gasteiger partial charge in [-0.2, -0.15) is 0 Å². The molecule has 0 radical (unpaired) electrons. The molecule has 16 heavy (non-hydrogen) atoms. The van der Waals surface area contributed by atoms with E-state index in [-0.39, 0.29) is 0 Å². The highest BCUT2D eigenvalue weighted by Crippen LogP contribution is 2.15. The van der Waals surface area contributed by atoms with Gasteiger partial charge in [0, 0.05) is 13.1 Å². The Morgan fingerprint density at radius 2 is 1.25 bits per heavy atom. The third kappa shape index (κ3) is 5.97. The van der Waals surface area contributed by atoms with Crippen LogP contribution in [0.4, 0.5) is 0 Å². The van der Waals surface area contributed by atoms with Gasteiger partial charge in [-0.1, -0.05) is 53.4 Å². The minimum atomic E-state index is -1.82. The van der Waals surface area contributed by atoms with Crippen molar-refractivity contribution >= 4 is 11.3 Å². The largest absolute Gasteiger partial charge is 0.294 e. The maximum Gasteiger partial charge on any atom is 0.234 e. The molecule has 98 valence electrons. The molecule has 3 nitrogen and oxygen atoms in total. The molecule has 1 N–H and O–H groups in total. The van der Waals surface area contributed by atoms with Crippen LogP contribution in [0.1, 0.15) is 53.4 Å². The summed E-state index contributed by atoms with van der Waals surface area (Å²) >= 11 is -1.82. The number of hydrogen-bond acceptors (Lipinski definition) is 1. The first-order chi connectivity index (χ1) is 7.58. The van der Waals surface area contributed by atoms with E-state index in [1.165, 1.54) is 0 Å². The Hall–Kier alpha value is 0.0700. The van der Waals surface area contributed by atoms with Crippen LogP contribution in [0.3, 0.4) is 0 Å². The zero-order valence-corrected chi connectivity index (χ0v) is 11.9. The van der Waals surface area contributed by atoms with E-state index in [2.05, 4.69) is 27.7 Å². The lowest BCUT2D eigenvalue weighted by molar-refractivity contribution is 0.278. The molecule has 0 saturated heterocycles. The molecule has 0 bridgehead atoms. The Balaban J connectivity index is 4.31. The third-order valence-electron chi connectivity index (χ3n) is 3.45. The minimum absolute atomic E-state index is 0.533. The van der Waals surface area contributed by atoms with Gasteiger partial charge in [0.2, 0.25) is 11.3 Å². The molecule has 1 unspecified atom stereocenters. The molecule has 0 aromatic heterocycles. The average molecular weight is 249 g/mol. The molecule has 0 aromatic rings. The van der Waals surface area contributed by atoms with E-state index in [0.29, 0.717) is 11.8 Å². The minimum Gasteiger partial charge on any atom is -0.294 e. The normalized spacial score (nSPS) is 14.0. The van der Waals surface area contributed by atoms with Crippen LogP contribution in [0.5, 0.6) is 0 Å². The second kappa shape index (κ2) is 9.14. The molecular weight excluding hydrogens is 222 g/mol. The highest BCUT2D eigenvalue weighted by atomic mass is 32.2. The zero-order chi connectivity index (χ0) is 12.6. The summed E-state index contributed by atoms with van der Waals surface area (Å²) in [6.07, 6.45) is 4.31. The van der Waals surface area contributed by atoms with Gasteiger partial charge in [0.25, 0.3) is 0 Å². The summed E-state index contributed by atoms with van der Waals surface area (Å²) in [5.74, 6) is 1.07. The summed E-state index contributed by atoms with van der Waals surface area (Å²) in [4.78, 5) is 0. The van der Waals surface area contributed by atoms with Crippen LogP contribution in [0, 0.1) is 11.8 Å². The summed E-state index contributed by atoms with van der Waals surface area (Å²) in [6, 6.07) is 0. The fraction of sp³-hybridized carbons (Fsp3) is 1.00. The molecule has 1 atom stereocenters. The smallest absolute Gasteiger partial charge is 0.234 e. The van der Waals surface area contributed by atoms with Gasteiger partial charge in [0.05, 0.1) is 0 Å². The highest BCUT2D eigenvalue weighted by Gasteiger charge is 2.18. The van der Waals surface area contributed by atoms with E-state index in [1.807, 2.05) is 0 Å². The second-order valence-corrected chi connectivity index (χ2v) is 5.42. The van der Waals surface area contributed by atoms with Gasteiger partial charge in [0.1, 0.15) is 0 Å². The number of hydrogen-bond donors (Lipinski definition) is 1. The molecule has 0 amide bonds. The van der Waals surface area contributed by atoms with Gasteiger partial charge in [-0.3, -0.25) is 4.55 Å². The SMILES string of the molecule is CCC(CC)CN(CC(CC)CC)S(=O)O. The van der Waals surface area contributed by atoms with Crippen LogP contribution in [0.2, 0.25) is 0 Å². The van der Waals surface area contributed by atoms with Crippen LogP contribution in [0.25, 0.3) is 0 Å². The summed E-state index contributed by atoms with van der Waals surface area (Å²) in [5, 5.41) is 0. The number of rotatable bonds is 9. The zero-order valence-electron chi connectivity index (χ0n) is 11.1. The summed E-state index contributed by atoms with van der Waals surface area (Å²) in [5.41, 5.74) is 0. The molecule has 4 heteroatoms. The second-order valence-electron chi connectivity index (χ2n) is 4.44. The first-order valence-electron chi connectivity index (χ1n) is 6.44. The van der Waals surface area contributed by atoms with Crippen LogP contribution < -0.4 is 0 Å². The van der Waals surface area contributed by atoms with Crippen LogP contribution >= 0.6 is 0 Å². The van der Waals surface area contributed by atoms with Crippen molar-refractivity contribution in [2.45, 2.75) is 53.4 Å². The lowest BCUT2D eigenvalue weighted by Gasteiger charge is -2.26. The van der Waals surface area contributed by atoms with Crippen LogP contribution in [-0.2, 0) is 11.3 Å². The summed E-state index contributed by atoms with van der Waals surface area (Å²) in [7, 11) is 0. The highest BCUT2D eigenvalue weighted by molar-refractivity contribution is 7.76. The lowest BCUT2D eigenvalue weighted by Crippen LogP contribution is -2.34. The number of nitrogens with zero attached hydrogens (tertiary/aromatic N) is 1. The van der Waals surface area contributed by atoms with E-state index in [1.54, 1.807) is 4.31 Å². The van der Waals surface area contributed by atoms with E-state index >= 15 is 0 Å². The third-order valence-corrected chi connectivity index (χ3v) is 4.19. The molecule has 0 aromatic carbocycles. The summed E-state index contributed by atoms with van der Waals surface area (Å²) < 4.78 is 22.3. The topological polar surface area (TPSA) is 40.5 Å². The maximum atomic E-state index is 11.3.